The predicted molar refractivity (Wildman–Crippen MR) is 272 cm³/mol. The predicted octanol–water partition coefficient (Wildman–Crippen LogP) is 16.3. The van der Waals surface area contributed by atoms with Crippen molar-refractivity contribution in [3.8, 4) is 67.5 Å². The zero-order chi connectivity index (χ0) is 61.1. The van der Waals surface area contributed by atoms with E-state index in [0.29, 0.717) is 39.7 Å². The van der Waals surface area contributed by atoms with E-state index >= 15 is 0 Å². The number of aromatic hydroxyl groups is 1. The molecule has 0 unspecified atom stereocenters. The number of aromatic nitrogens is 3. The van der Waals surface area contributed by atoms with Gasteiger partial charge >= 0.3 is 0 Å². The van der Waals surface area contributed by atoms with E-state index in [2.05, 4.69) is 26.8 Å². The maximum Gasteiger partial charge on any atom is 0.149 e. The number of aryl methyl sites for hydroxylation is 2. The van der Waals surface area contributed by atoms with Crippen LogP contribution >= 0.6 is 0 Å². The second-order valence-corrected chi connectivity index (χ2v) is 19.0. The summed E-state index contributed by atoms with van der Waals surface area (Å²) in [5, 5.41) is 13.1. The van der Waals surface area contributed by atoms with Crippen molar-refractivity contribution in [2.45, 2.75) is 118 Å². The molecule has 0 aliphatic heterocycles. The molecule has 1 N–H and O–H groups in total. The van der Waals surface area contributed by atoms with Gasteiger partial charge in [-0.1, -0.05) is 162 Å². The molecule has 4 heteroatoms. The average molecular weight is 862 g/mol. The zero-order valence-electron chi connectivity index (χ0n) is 55.5. The third-order valence-corrected chi connectivity index (χ3v) is 12.0. The first-order valence-corrected chi connectivity index (χ1v) is 21.3. The van der Waals surface area contributed by atoms with E-state index in [9.17, 15) is 5.11 Å². The van der Waals surface area contributed by atoms with Crippen LogP contribution in [0, 0.1) is 13.8 Å². The van der Waals surface area contributed by atoms with Crippen molar-refractivity contribution in [2.75, 3.05) is 0 Å². The monoisotopic (exact) mass is 862 g/mol. The van der Waals surface area contributed by atoms with Gasteiger partial charge in [-0.05, 0) is 140 Å². The third-order valence-electron chi connectivity index (χ3n) is 12.0. The van der Waals surface area contributed by atoms with Gasteiger partial charge in [-0.2, -0.15) is 0 Å². The van der Waals surface area contributed by atoms with Crippen LogP contribution in [0.5, 0.6) is 5.75 Å². The second kappa shape index (κ2) is 16.1. The zero-order valence-corrected chi connectivity index (χ0v) is 37.5. The first-order valence-electron chi connectivity index (χ1n) is 30.3. The molecule has 0 amide bonds. The van der Waals surface area contributed by atoms with Gasteiger partial charge < -0.3 is 5.11 Å². The molecule has 6 aromatic carbocycles. The van der Waals surface area contributed by atoms with Gasteiger partial charge in [0.1, 0.15) is 11.6 Å². The fraction of sp³-hybridized carbons (Fsp3) is 0.300. The number of hydrogen-bond acceptors (Lipinski definition) is 3. The lowest BCUT2D eigenvalue weighted by atomic mass is 9.78. The molecular formula is C60H65N3O. The average Bonchev–Trinajstić information content (AvgIpc) is 0.829. The van der Waals surface area contributed by atoms with E-state index in [1.165, 1.54) is 0 Å². The summed E-state index contributed by atoms with van der Waals surface area (Å²) >= 11 is 0. The fourth-order valence-corrected chi connectivity index (χ4v) is 8.58. The van der Waals surface area contributed by atoms with E-state index in [4.69, 9.17) is 34.6 Å². The molecule has 0 atom stereocenters. The Morgan fingerprint density at radius 2 is 1.19 bits per heavy atom. The number of rotatable bonds is 6. The van der Waals surface area contributed by atoms with Crippen LogP contribution < -0.4 is 0 Å². The van der Waals surface area contributed by atoms with Gasteiger partial charge in [0, 0.05) is 47.6 Å². The molecule has 64 heavy (non-hydrogen) atoms. The highest BCUT2D eigenvalue weighted by atomic mass is 16.3. The Hall–Kier alpha value is -6.26. The minimum absolute atomic E-state index is 0.201. The molecule has 0 aliphatic rings. The van der Waals surface area contributed by atoms with Crippen LogP contribution in [0.3, 0.4) is 0 Å². The highest BCUT2D eigenvalue weighted by Gasteiger charge is 2.31. The molecule has 0 fully saturated rings. The van der Waals surface area contributed by atoms with Crippen LogP contribution in [0.15, 0.2) is 134 Å². The Morgan fingerprint density at radius 3 is 1.86 bits per heavy atom. The van der Waals surface area contributed by atoms with E-state index in [-0.39, 0.29) is 11.3 Å². The number of fused-ring (bicyclic) bond motifs is 1. The Balaban J connectivity index is 1.61. The summed E-state index contributed by atoms with van der Waals surface area (Å²) in [6, 6.07) is 37.4. The maximum atomic E-state index is 13.1. The van der Waals surface area contributed by atoms with Crippen LogP contribution in [-0.4, -0.2) is 19.6 Å². The van der Waals surface area contributed by atoms with Crippen molar-refractivity contribution >= 4 is 11.0 Å². The maximum absolute atomic E-state index is 13.1. The summed E-state index contributed by atoms with van der Waals surface area (Å²) < 4.78 is 160. The molecule has 0 spiro atoms. The molecular weight excluding hydrogens is 779 g/mol. The highest BCUT2D eigenvalue weighted by molar-refractivity contribution is 5.97. The molecule has 0 aliphatic carbocycles. The number of pyridine rings is 1. The molecule has 0 bridgehead atoms. The first-order chi connectivity index (χ1) is 37.5. The molecule has 0 saturated heterocycles. The Morgan fingerprint density at radius 1 is 0.516 bits per heavy atom. The molecule has 4 nitrogen and oxygen atoms in total. The Bertz CT molecular complexity index is 3640. The summed E-state index contributed by atoms with van der Waals surface area (Å²) in [5.41, 5.74) is -2.07. The summed E-state index contributed by atoms with van der Waals surface area (Å²) in [5.74, 6) is -1.73. The lowest BCUT2D eigenvalue weighted by molar-refractivity contribution is 0.446. The number of phenolic OH excluding ortho intramolecular Hbond substituents is 1. The number of nitrogens with zero attached hydrogens (tertiary/aromatic N) is 3. The number of imidazole rings is 1. The summed E-state index contributed by atoms with van der Waals surface area (Å²) in [6.07, 6.45) is 1.75. The quantitative estimate of drug-likeness (QED) is 0.181. The third kappa shape index (κ3) is 8.43. The van der Waals surface area contributed by atoms with Crippen molar-refractivity contribution in [1.82, 2.24) is 14.5 Å². The Labute approximate surface area is 407 Å². The molecule has 2 aromatic heterocycles. The molecule has 0 saturated carbocycles. The SMILES string of the molecule is [2H]C([2H])([2H])C(c1cc(-c2nc3c(-c4cc(-c5cc(-c6c(C)cccc6C)ccn5)cc(C(C)(C)C)c4)cccc3n2-c2ccc(-c3ccccc3)cc2C(C)(C)C)c(O)c(C(C([2H])([2H])[2H])(C([2H])([2H])[2H])C([2H])([2H])[2H])c1)(C([2H])([2H])[2H])C([2H])([2H])[2H]. The smallest absolute Gasteiger partial charge is 0.149 e. The summed E-state index contributed by atoms with van der Waals surface area (Å²) in [6.45, 7) is -8.41. The topological polar surface area (TPSA) is 50.9 Å². The standard InChI is InChI=1S/C60H65N3O/c1-37-20-18-21-38(2)53(37)41-28-29-61-50(34-41)43-30-42(31-44(32-43)57(3,4)5)46-24-19-25-52-54(46)62-56(47-35-45(58(6,7)8)36-49(55(47)64)60(12,13)14)63(52)51-27-26-40(33-48(51)59(9,10)11)39-22-16-15-17-23-39/h15-36,64H,1-14H3/i6D3,7D3,8D3,12D3,13D3,14D3. The molecule has 326 valence electrons. The van der Waals surface area contributed by atoms with Crippen molar-refractivity contribution in [3.05, 3.63) is 167 Å². The lowest BCUT2D eigenvalue weighted by Gasteiger charge is -2.28. The Kier molecular flexibility index (Phi) is 6.82. The van der Waals surface area contributed by atoms with Gasteiger partial charge in [0.25, 0.3) is 0 Å². The van der Waals surface area contributed by atoms with E-state index in [0.717, 1.165) is 50.6 Å². The molecule has 2 heterocycles. The van der Waals surface area contributed by atoms with Crippen LogP contribution in [0.4, 0.5) is 0 Å². The van der Waals surface area contributed by atoms with E-state index in [1.807, 2.05) is 120 Å². The van der Waals surface area contributed by atoms with E-state index in [1.54, 1.807) is 35.0 Å². The van der Waals surface area contributed by atoms with Gasteiger partial charge in [-0.25, -0.2) is 4.98 Å². The van der Waals surface area contributed by atoms with Crippen LogP contribution in [0.25, 0.3) is 72.7 Å². The van der Waals surface area contributed by atoms with E-state index < -0.39 is 85.2 Å². The molecule has 0 radical (unpaired) electrons. The lowest BCUT2D eigenvalue weighted by Crippen LogP contribution is -2.18. The minimum Gasteiger partial charge on any atom is -0.507 e. The van der Waals surface area contributed by atoms with Crippen LogP contribution in [-0.2, 0) is 21.7 Å². The van der Waals surface area contributed by atoms with Gasteiger partial charge in [0.15, 0.2) is 0 Å². The number of hydrogen-bond donors (Lipinski definition) is 1. The van der Waals surface area contributed by atoms with Gasteiger partial charge in [0.05, 0.1) is 28.0 Å². The largest absolute Gasteiger partial charge is 0.507 e. The first kappa shape index (κ1) is 27.2. The molecule has 8 aromatic rings. The second-order valence-electron chi connectivity index (χ2n) is 19.0. The highest BCUT2D eigenvalue weighted by Crippen LogP contribution is 2.46. The number of benzene rings is 6. The number of para-hydroxylation sites is 1. The van der Waals surface area contributed by atoms with Crippen molar-refractivity contribution in [1.29, 1.82) is 0 Å². The van der Waals surface area contributed by atoms with Crippen molar-refractivity contribution < 1.29 is 29.8 Å². The summed E-state index contributed by atoms with van der Waals surface area (Å²) in [7, 11) is 0. The van der Waals surface area contributed by atoms with Gasteiger partial charge in [-0.3, -0.25) is 9.55 Å². The minimum atomic E-state index is -4.13. The van der Waals surface area contributed by atoms with Gasteiger partial charge in [-0.15, -0.1) is 0 Å². The summed E-state index contributed by atoms with van der Waals surface area (Å²) in [4.78, 5) is 10.1. The van der Waals surface area contributed by atoms with Gasteiger partial charge in [0.2, 0.25) is 0 Å². The normalized spacial score (nSPS) is 17.9. The van der Waals surface area contributed by atoms with Crippen LogP contribution in [0.1, 0.15) is 141 Å². The van der Waals surface area contributed by atoms with Crippen LogP contribution in [0.2, 0.25) is 0 Å². The van der Waals surface area contributed by atoms with Crippen molar-refractivity contribution in [2.24, 2.45) is 0 Å². The molecule has 8 rings (SSSR count). The fourth-order valence-electron chi connectivity index (χ4n) is 8.58. The number of phenols is 1. The van der Waals surface area contributed by atoms with Crippen molar-refractivity contribution in [3.63, 3.8) is 0 Å².